The van der Waals surface area contributed by atoms with Gasteiger partial charge in [-0.1, -0.05) is 30.1 Å². The lowest BCUT2D eigenvalue weighted by atomic mass is 10.0. The van der Waals surface area contributed by atoms with Gasteiger partial charge in [0.15, 0.2) is 0 Å². The number of aliphatic hydroxyl groups is 1. The molecule has 1 aromatic heterocycles. The van der Waals surface area contributed by atoms with Crippen LogP contribution in [0.5, 0.6) is 5.75 Å². The van der Waals surface area contributed by atoms with Crippen molar-refractivity contribution >= 4 is 36.9 Å². The zero-order valence-electron chi connectivity index (χ0n) is 20.4. The number of rotatable bonds is 10. The Balaban J connectivity index is 1.79. The van der Waals surface area contributed by atoms with E-state index in [1.807, 2.05) is 0 Å². The van der Waals surface area contributed by atoms with Crippen LogP contribution in [0, 0.1) is 5.92 Å². The first-order valence-electron chi connectivity index (χ1n) is 11.3. The Hall–Kier alpha value is -2.18. The molecule has 3 N–H and O–H groups in total. The number of aromatic nitrogens is 2. The standard InChI is InChI=1S/C22H28Cl2N3O9P/c1-11(2)34-21(30)13(4)26-37(32,36-14-5-6-15(23)16(24)9-14)33-10-17-19(29)12(3)20(35-17)27-8-7-18(28)25-22(27)31/h5-9,11-13,17,19-20,29H,10H2,1-4H3,(H,26,32)(H,25,28,31)/t12-,13-,17+,19-,20+,37?/m0/s1. The lowest BCUT2D eigenvalue weighted by Gasteiger charge is -2.25. The van der Waals surface area contributed by atoms with E-state index in [-0.39, 0.29) is 15.8 Å². The molecular weight excluding hydrogens is 552 g/mol. The van der Waals surface area contributed by atoms with Gasteiger partial charge in [-0.2, -0.15) is 5.09 Å². The van der Waals surface area contributed by atoms with Crippen LogP contribution in [0.3, 0.4) is 0 Å². The smallest absolute Gasteiger partial charge is 0.459 e. The van der Waals surface area contributed by atoms with E-state index in [0.717, 1.165) is 10.6 Å². The highest BCUT2D eigenvalue weighted by Crippen LogP contribution is 2.47. The van der Waals surface area contributed by atoms with Crippen LogP contribution in [0.2, 0.25) is 10.0 Å². The summed E-state index contributed by atoms with van der Waals surface area (Å²) in [5, 5.41) is 13.6. The van der Waals surface area contributed by atoms with Gasteiger partial charge in [-0.15, -0.1) is 0 Å². The predicted octanol–water partition coefficient (Wildman–Crippen LogP) is 2.87. The Kier molecular flexibility index (Phi) is 9.62. The number of hydrogen-bond acceptors (Lipinski definition) is 9. The van der Waals surface area contributed by atoms with Crippen LogP contribution in [0.25, 0.3) is 0 Å². The first-order chi connectivity index (χ1) is 17.3. The fraction of sp³-hybridized carbons (Fsp3) is 0.500. The molecule has 1 aliphatic heterocycles. The van der Waals surface area contributed by atoms with Gasteiger partial charge in [0.25, 0.3) is 5.56 Å². The van der Waals surface area contributed by atoms with Gasteiger partial charge in [0, 0.05) is 24.2 Å². The van der Waals surface area contributed by atoms with Gasteiger partial charge in [-0.05, 0) is 32.9 Å². The van der Waals surface area contributed by atoms with Crippen molar-refractivity contribution in [1.29, 1.82) is 0 Å². The average Bonchev–Trinajstić information content (AvgIpc) is 3.08. The number of halogens is 2. The van der Waals surface area contributed by atoms with Crippen LogP contribution < -0.4 is 20.9 Å². The van der Waals surface area contributed by atoms with E-state index < -0.39 is 68.1 Å². The van der Waals surface area contributed by atoms with Crippen molar-refractivity contribution in [2.75, 3.05) is 6.61 Å². The highest BCUT2D eigenvalue weighted by atomic mass is 35.5. The second kappa shape index (κ2) is 12.1. The first kappa shape index (κ1) is 29.4. The maximum atomic E-state index is 13.7. The minimum absolute atomic E-state index is 0.0357. The number of esters is 1. The van der Waals surface area contributed by atoms with E-state index in [1.165, 1.54) is 31.3 Å². The van der Waals surface area contributed by atoms with E-state index >= 15 is 0 Å². The van der Waals surface area contributed by atoms with Crippen LogP contribution in [0.15, 0.2) is 40.1 Å². The lowest BCUT2D eigenvalue weighted by molar-refractivity contribution is -0.149. The van der Waals surface area contributed by atoms with Gasteiger partial charge in [0.1, 0.15) is 24.1 Å². The van der Waals surface area contributed by atoms with Gasteiger partial charge in [0.05, 0.1) is 28.9 Å². The molecule has 0 saturated carbocycles. The molecule has 1 fully saturated rings. The molecular formula is C22H28Cl2N3O9P. The first-order valence-corrected chi connectivity index (χ1v) is 13.6. The Morgan fingerprint density at radius 2 is 1.95 bits per heavy atom. The normalized spacial score (nSPS) is 24.0. The monoisotopic (exact) mass is 579 g/mol. The van der Waals surface area contributed by atoms with Crippen LogP contribution in [-0.4, -0.2) is 51.6 Å². The third kappa shape index (κ3) is 7.44. The Labute approximate surface area is 222 Å². The van der Waals surface area contributed by atoms with Crippen molar-refractivity contribution in [3.05, 3.63) is 61.3 Å². The van der Waals surface area contributed by atoms with E-state index in [1.54, 1.807) is 20.8 Å². The molecule has 1 aromatic carbocycles. The van der Waals surface area contributed by atoms with Gasteiger partial charge >= 0.3 is 19.4 Å². The van der Waals surface area contributed by atoms with Gasteiger partial charge < -0.3 is 19.1 Å². The van der Waals surface area contributed by atoms with Crippen molar-refractivity contribution in [3.8, 4) is 5.75 Å². The summed E-state index contributed by atoms with van der Waals surface area (Å²) >= 11 is 12.0. The number of aromatic amines is 1. The number of ether oxygens (including phenoxy) is 2. The Bertz CT molecular complexity index is 1280. The fourth-order valence-electron chi connectivity index (χ4n) is 3.53. The summed E-state index contributed by atoms with van der Waals surface area (Å²) in [6.45, 7) is 5.94. The summed E-state index contributed by atoms with van der Waals surface area (Å²) in [4.78, 5) is 38.0. The zero-order valence-corrected chi connectivity index (χ0v) is 22.8. The Morgan fingerprint density at radius 3 is 2.57 bits per heavy atom. The van der Waals surface area contributed by atoms with Crippen molar-refractivity contribution in [2.24, 2.45) is 5.92 Å². The van der Waals surface area contributed by atoms with E-state index in [9.17, 15) is 24.1 Å². The number of carbonyl (C=O) groups excluding carboxylic acids is 1. The fourth-order valence-corrected chi connectivity index (χ4v) is 5.32. The molecule has 0 bridgehead atoms. The number of nitrogens with zero attached hydrogens (tertiary/aromatic N) is 1. The highest BCUT2D eigenvalue weighted by Gasteiger charge is 2.44. The minimum atomic E-state index is -4.30. The van der Waals surface area contributed by atoms with Crippen LogP contribution in [0.4, 0.5) is 0 Å². The maximum absolute atomic E-state index is 13.7. The summed E-state index contributed by atoms with van der Waals surface area (Å²) < 4.78 is 36.9. The van der Waals surface area contributed by atoms with Crippen molar-refractivity contribution < 1.29 is 33.0 Å². The van der Waals surface area contributed by atoms with Gasteiger partial charge in [0.2, 0.25) is 0 Å². The number of benzene rings is 1. The molecule has 37 heavy (non-hydrogen) atoms. The highest BCUT2D eigenvalue weighted by molar-refractivity contribution is 7.52. The molecule has 0 aliphatic carbocycles. The SMILES string of the molecule is CC(C)OC(=O)[C@H](C)NP(=O)(OC[C@H]1O[C@@H](n2ccc(=O)[nH]c2=O)[C@@H](C)[C@@H]1O)Oc1ccc(Cl)c(Cl)c1. The molecule has 0 spiro atoms. The van der Waals surface area contributed by atoms with Crippen LogP contribution >= 0.6 is 30.9 Å². The molecule has 3 rings (SSSR count). The minimum Gasteiger partial charge on any atom is -0.462 e. The predicted molar refractivity (Wildman–Crippen MR) is 135 cm³/mol. The molecule has 15 heteroatoms. The molecule has 1 unspecified atom stereocenters. The van der Waals surface area contributed by atoms with Crippen LogP contribution in [-0.2, 0) is 23.4 Å². The van der Waals surface area contributed by atoms with Crippen molar-refractivity contribution in [3.63, 3.8) is 0 Å². The second-order valence-electron chi connectivity index (χ2n) is 8.73. The lowest BCUT2D eigenvalue weighted by Crippen LogP contribution is -2.37. The summed E-state index contributed by atoms with van der Waals surface area (Å²) in [6, 6.07) is 4.20. The summed E-state index contributed by atoms with van der Waals surface area (Å²) in [7, 11) is -4.30. The van der Waals surface area contributed by atoms with E-state index in [4.69, 9.17) is 41.7 Å². The zero-order chi connectivity index (χ0) is 27.5. The summed E-state index contributed by atoms with van der Waals surface area (Å²) in [5.41, 5.74) is -1.30. The van der Waals surface area contributed by atoms with Crippen LogP contribution in [0.1, 0.15) is 33.9 Å². The molecule has 6 atom stereocenters. The topological polar surface area (TPSA) is 158 Å². The Morgan fingerprint density at radius 1 is 1.24 bits per heavy atom. The van der Waals surface area contributed by atoms with Crippen molar-refractivity contribution in [2.45, 2.75) is 58.3 Å². The molecule has 204 valence electrons. The summed E-state index contributed by atoms with van der Waals surface area (Å²) in [6.07, 6.45) is -2.27. The molecule has 2 heterocycles. The third-order valence-electron chi connectivity index (χ3n) is 5.39. The number of hydrogen-bond donors (Lipinski definition) is 3. The molecule has 0 amide bonds. The second-order valence-corrected chi connectivity index (χ2v) is 11.2. The third-order valence-corrected chi connectivity index (χ3v) is 7.77. The average molecular weight is 580 g/mol. The molecule has 1 saturated heterocycles. The molecule has 12 nitrogen and oxygen atoms in total. The number of aliphatic hydroxyl groups excluding tert-OH is 1. The summed E-state index contributed by atoms with van der Waals surface area (Å²) in [5.74, 6) is -1.26. The van der Waals surface area contributed by atoms with Gasteiger partial charge in [-0.25, -0.2) is 9.36 Å². The number of nitrogens with one attached hydrogen (secondary N) is 2. The van der Waals surface area contributed by atoms with E-state index in [2.05, 4.69) is 10.1 Å². The molecule has 0 radical (unpaired) electrons. The molecule has 2 aromatic rings. The molecule has 1 aliphatic rings. The van der Waals surface area contributed by atoms with E-state index in [0.29, 0.717) is 0 Å². The quantitative estimate of drug-likeness (QED) is 0.282. The van der Waals surface area contributed by atoms with Crippen molar-refractivity contribution in [1.82, 2.24) is 14.6 Å². The number of H-pyrrole nitrogens is 1. The van der Waals surface area contributed by atoms with Gasteiger partial charge in [-0.3, -0.25) is 23.7 Å². The number of carbonyl (C=O) groups is 1. The largest absolute Gasteiger partial charge is 0.462 e. The maximum Gasteiger partial charge on any atom is 0.459 e.